The molecule has 2 aromatic heterocycles. The number of aliphatic hydroxyl groups excluding tert-OH is 2. The highest BCUT2D eigenvalue weighted by Gasteiger charge is 2.41. The molecule has 7 rings (SSSR count). The Morgan fingerprint density at radius 1 is 1.16 bits per heavy atom. The maximum absolute atomic E-state index is 14.9. The van der Waals surface area contributed by atoms with E-state index in [4.69, 9.17) is 9.72 Å². The second-order valence-electron chi connectivity index (χ2n) is 10.1. The molecule has 37 heavy (non-hydrogen) atoms. The predicted molar refractivity (Wildman–Crippen MR) is 135 cm³/mol. The number of aliphatic hydroxyl groups is 2. The first-order chi connectivity index (χ1) is 17.9. The lowest BCUT2D eigenvalue weighted by Crippen LogP contribution is -2.50. The van der Waals surface area contributed by atoms with E-state index in [-0.39, 0.29) is 47.7 Å². The molecule has 3 aromatic rings. The fourth-order valence-corrected chi connectivity index (χ4v) is 6.42. The molecule has 5 heterocycles. The molecule has 2 N–H and O–H groups in total. The summed E-state index contributed by atoms with van der Waals surface area (Å²) in [5, 5.41) is 20.9. The Morgan fingerprint density at radius 3 is 2.65 bits per heavy atom. The molecule has 2 atom stereocenters. The number of likely N-dealkylation sites (tertiary alicyclic amines) is 1. The van der Waals surface area contributed by atoms with Gasteiger partial charge in [0, 0.05) is 54.2 Å². The Morgan fingerprint density at radius 2 is 1.92 bits per heavy atom. The van der Waals surface area contributed by atoms with Crippen LogP contribution in [0.4, 0.5) is 4.39 Å². The fraction of sp³-hybridized carbons (Fsp3) is 0.464. The minimum absolute atomic E-state index is 0.0875. The van der Waals surface area contributed by atoms with Crippen LogP contribution in [0, 0.1) is 18.7 Å². The highest BCUT2D eigenvalue weighted by Crippen LogP contribution is 2.48. The SMILES string of the molecule is CC.Cc1c(F)cc2nc3c(c4c2c1CCC4N1CC(CO)C1)Cn1c-3cc2c(c1=O)COC(=O)[C@H]2O. The lowest BCUT2D eigenvalue weighted by atomic mass is 9.79. The first-order valence-electron chi connectivity index (χ1n) is 13.0. The third-order valence-electron chi connectivity index (χ3n) is 8.30. The van der Waals surface area contributed by atoms with Gasteiger partial charge >= 0.3 is 5.97 Å². The van der Waals surface area contributed by atoms with Crippen LogP contribution in [0.1, 0.15) is 65.8 Å². The number of benzene rings is 1. The molecule has 9 heteroatoms. The van der Waals surface area contributed by atoms with E-state index in [1.165, 1.54) is 6.07 Å². The second kappa shape index (κ2) is 8.72. The van der Waals surface area contributed by atoms with Crippen molar-refractivity contribution in [1.29, 1.82) is 0 Å². The van der Waals surface area contributed by atoms with Gasteiger partial charge in [0.15, 0.2) is 6.10 Å². The summed E-state index contributed by atoms with van der Waals surface area (Å²) >= 11 is 0. The lowest BCUT2D eigenvalue weighted by molar-refractivity contribution is -0.157. The van der Waals surface area contributed by atoms with Crippen molar-refractivity contribution in [1.82, 2.24) is 14.5 Å². The van der Waals surface area contributed by atoms with Crippen LogP contribution in [0.5, 0.6) is 0 Å². The van der Waals surface area contributed by atoms with Crippen LogP contribution in [0.3, 0.4) is 0 Å². The van der Waals surface area contributed by atoms with Crippen molar-refractivity contribution < 1.29 is 24.1 Å². The zero-order valence-electron chi connectivity index (χ0n) is 21.2. The van der Waals surface area contributed by atoms with Crippen molar-refractivity contribution >= 4 is 16.9 Å². The van der Waals surface area contributed by atoms with Gasteiger partial charge in [-0.25, -0.2) is 14.2 Å². The third kappa shape index (κ3) is 3.34. The Kier molecular flexibility index (Phi) is 5.70. The van der Waals surface area contributed by atoms with E-state index < -0.39 is 12.1 Å². The standard InChI is InChI=1S/C26H24FN3O5.C2H6/c1-11-13-2-3-19(29-6-12(7-29)9-31)22-15-8-30-20(23(15)28-18(21(13)22)5-17(11)27)4-14-16(25(30)33)10-35-26(34)24(14)32;1-2/h4-5,12,19,24,31-32H,2-3,6-10H2,1H3;1-2H3/t19?,24-;/m0./s1. The van der Waals surface area contributed by atoms with Crippen molar-refractivity contribution in [3.8, 4) is 11.4 Å². The molecular formula is C28H30FN3O5. The zero-order chi connectivity index (χ0) is 26.2. The summed E-state index contributed by atoms with van der Waals surface area (Å²) in [6.07, 6.45) is 0.0472. The topological polar surface area (TPSA) is 105 Å². The summed E-state index contributed by atoms with van der Waals surface area (Å²) in [7, 11) is 0. The molecule has 4 aliphatic rings. The van der Waals surface area contributed by atoms with Crippen molar-refractivity contribution in [2.24, 2.45) is 5.92 Å². The molecule has 194 valence electrons. The molecular weight excluding hydrogens is 477 g/mol. The van der Waals surface area contributed by atoms with Crippen molar-refractivity contribution in [2.45, 2.75) is 58.9 Å². The van der Waals surface area contributed by atoms with Crippen LogP contribution in [-0.2, 0) is 29.1 Å². The first-order valence-corrected chi connectivity index (χ1v) is 13.0. The normalized spacial score (nSPS) is 21.9. The maximum Gasteiger partial charge on any atom is 0.340 e. The monoisotopic (exact) mass is 507 g/mol. The number of aromatic nitrogens is 2. The Bertz CT molecular complexity index is 1530. The van der Waals surface area contributed by atoms with E-state index in [1.54, 1.807) is 17.6 Å². The quantitative estimate of drug-likeness (QED) is 0.402. The minimum Gasteiger partial charge on any atom is -0.458 e. The molecule has 0 amide bonds. The second-order valence-corrected chi connectivity index (χ2v) is 10.1. The number of halogens is 1. The molecule has 0 radical (unpaired) electrons. The van der Waals surface area contributed by atoms with Crippen LogP contribution >= 0.6 is 0 Å². The number of fused-ring (bicyclic) bond motifs is 5. The summed E-state index contributed by atoms with van der Waals surface area (Å²) in [5.41, 5.74) is 5.52. The molecule has 3 aliphatic heterocycles. The van der Waals surface area contributed by atoms with E-state index >= 15 is 0 Å². The largest absolute Gasteiger partial charge is 0.458 e. The fourth-order valence-electron chi connectivity index (χ4n) is 6.42. The van der Waals surface area contributed by atoms with Gasteiger partial charge in [-0.15, -0.1) is 0 Å². The van der Waals surface area contributed by atoms with Gasteiger partial charge in [-0.2, -0.15) is 0 Å². The average Bonchev–Trinajstić information content (AvgIpc) is 3.25. The van der Waals surface area contributed by atoms with E-state index in [0.717, 1.165) is 48.0 Å². The van der Waals surface area contributed by atoms with Gasteiger partial charge in [-0.3, -0.25) is 9.69 Å². The number of pyridine rings is 2. The number of hydrogen-bond donors (Lipinski definition) is 2. The van der Waals surface area contributed by atoms with Gasteiger partial charge in [0.05, 0.1) is 29.0 Å². The van der Waals surface area contributed by atoms with Crippen LogP contribution in [-0.4, -0.2) is 50.3 Å². The smallest absolute Gasteiger partial charge is 0.340 e. The number of ether oxygens (including phenoxy) is 1. The van der Waals surface area contributed by atoms with Gasteiger partial charge in [0.1, 0.15) is 12.4 Å². The van der Waals surface area contributed by atoms with Crippen LogP contribution in [0.2, 0.25) is 0 Å². The molecule has 0 saturated carbocycles. The summed E-state index contributed by atoms with van der Waals surface area (Å²) < 4.78 is 21.5. The molecule has 1 aromatic carbocycles. The van der Waals surface area contributed by atoms with E-state index in [1.807, 2.05) is 13.8 Å². The Labute approximate surface area is 213 Å². The van der Waals surface area contributed by atoms with Gasteiger partial charge in [-0.05, 0) is 42.5 Å². The number of carbonyl (C=O) groups excluding carboxylic acids is 1. The number of carbonyl (C=O) groups is 1. The predicted octanol–water partition coefficient (Wildman–Crippen LogP) is 2.90. The highest BCUT2D eigenvalue weighted by atomic mass is 19.1. The minimum atomic E-state index is -1.52. The van der Waals surface area contributed by atoms with Crippen molar-refractivity contribution in [3.63, 3.8) is 0 Å². The number of cyclic esters (lactones) is 1. The summed E-state index contributed by atoms with van der Waals surface area (Å²) in [5.74, 6) is -0.824. The number of esters is 1. The van der Waals surface area contributed by atoms with Crippen molar-refractivity contribution in [3.05, 3.63) is 61.7 Å². The molecule has 0 bridgehead atoms. The molecule has 1 saturated heterocycles. The average molecular weight is 508 g/mol. The molecule has 1 aliphatic carbocycles. The lowest BCUT2D eigenvalue weighted by Gasteiger charge is -2.46. The Balaban J connectivity index is 0.00000123. The number of nitrogens with zero attached hydrogens (tertiary/aromatic N) is 3. The van der Waals surface area contributed by atoms with E-state index in [0.29, 0.717) is 29.0 Å². The summed E-state index contributed by atoms with van der Waals surface area (Å²) in [4.78, 5) is 32.6. The Hall–Kier alpha value is -3.14. The van der Waals surface area contributed by atoms with E-state index in [2.05, 4.69) is 4.90 Å². The first kappa shape index (κ1) is 24.2. The summed E-state index contributed by atoms with van der Waals surface area (Å²) in [6.45, 7) is 7.70. The van der Waals surface area contributed by atoms with Crippen LogP contribution in [0.25, 0.3) is 22.3 Å². The number of rotatable bonds is 2. The van der Waals surface area contributed by atoms with Gasteiger partial charge in [-0.1, -0.05) is 13.8 Å². The highest BCUT2D eigenvalue weighted by molar-refractivity contribution is 5.93. The van der Waals surface area contributed by atoms with Gasteiger partial charge in [0.25, 0.3) is 5.56 Å². The van der Waals surface area contributed by atoms with Crippen molar-refractivity contribution in [2.75, 3.05) is 19.7 Å². The van der Waals surface area contributed by atoms with E-state index in [9.17, 15) is 24.2 Å². The number of hydrogen-bond acceptors (Lipinski definition) is 7. The molecule has 1 fully saturated rings. The van der Waals surface area contributed by atoms with Gasteiger partial charge < -0.3 is 19.5 Å². The molecule has 0 spiro atoms. The maximum atomic E-state index is 14.9. The third-order valence-corrected chi connectivity index (χ3v) is 8.30. The molecule has 8 nitrogen and oxygen atoms in total. The van der Waals surface area contributed by atoms with Crippen LogP contribution in [0.15, 0.2) is 16.9 Å². The van der Waals surface area contributed by atoms with Gasteiger partial charge in [0.2, 0.25) is 0 Å². The zero-order valence-corrected chi connectivity index (χ0v) is 21.2. The summed E-state index contributed by atoms with van der Waals surface area (Å²) in [6, 6.07) is 3.22. The number of aryl methyl sites for hydroxylation is 1. The van der Waals surface area contributed by atoms with Crippen LogP contribution < -0.4 is 5.56 Å². The molecule has 1 unspecified atom stereocenters.